The normalized spacial score (nSPS) is 12.0. The molecule has 0 N–H and O–H groups in total. The minimum Gasteiger partial charge on any atom is -0.346 e. The first-order chi connectivity index (χ1) is 12.8. The molecule has 0 aliphatic heterocycles. The van der Waals surface area contributed by atoms with Crippen LogP contribution in [0.3, 0.4) is 0 Å². The van der Waals surface area contributed by atoms with Crippen molar-refractivity contribution in [1.29, 1.82) is 0 Å². The number of aryl methyl sites for hydroxylation is 1. The molecule has 3 rings (SSSR count). The molecule has 2 aromatic heterocycles. The van der Waals surface area contributed by atoms with Crippen LogP contribution < -0.4 is 10.9 Å². The summed E-state index contributed by atoms with van der Waals surface area (Å²) in [4.78, 5) is 29.3. The predicted molar refractivity (Wildman–Crippen MR) is 112 cm³/mol. The topological polar surface area (TPSA) is 50.5 Å². The number of nitrogens with zero attached hydrogens (tertiary/aromatic N) is 4. The lowest BCUT2D eigenvalue weighted by Gasteiger charge is -2.20. The maximum Gasteiger partial charge on any atom is 0.189 e. The smallest absolute Gasteiger partial charge is 0.189 e. The molecule has 0 saturated heterocycles. The first-order valence-electron chi connectivity index (χ1n) is 9.25. The summed E-state index contributed by atoms with van der Waals surface area (Å²) in [5.41, 5.74) is 2.73. The lowest BCUT2D eigenvalue weighted by molar-refractivity contribution is 0.385. The van der Waals surface area contributed by atoms with Gasteiger partial charge in [-0.15, -0.1) is 0 Å². The highest BCUT2D eigenvalue weighted by Crippen LogP contribution is 2.24. The zero-order valence-corrected chi connectivity index (χ0v) is 16.8. The fraction of sp³-hybridized carbons (Fsp3) is 0.429. The monoisotopic (exact) mass is 368 g/mol. The number of hydrogen-bond acceptors (Lipinski definition) is 4. The summed E-state index contributed by atoms with van der Waals surface area (Å²) < 4.78 is 4.25. The van der Waals surface area contributed by atoms with Crippen LogP contribution >= 0.6 is 0 Å². The molecule has 0 spiro atoms. The zero-order chi connectivity index (χ0) is 19.7. The molecular weight excluding hydrogens is 340 g/mol. The van der Waals surface area contributed by atoms with Gasteiger partial charge in [0.05, 0.1) is 11.0 Å². The zero-order valence-electron chi connectivity index (χ0n) is 16.8. The van der Waals surface area contributed by atoms with E-state index in [0.29, 0.717) is 10.8 Å². The number of likely N-dealkylation sites (N-methyl/N-ethyl adjacent to an activating group) is 2. The van der Waals surface area contributed by atoms with E-state index in [2.05, 4.69) is 18.9 Å². The van der Waals surface area contributed by atoms with E-state index in [-0.39, 0.29) is 10.9 Å². The van der Waals surface area contributed by atoms with E-state index in [0.717, 1.165) is 42.8 Å². The first kappa shape index (κ1) is 19.3. The van der Waals surface area contributed by atoms with Crippen LogP contribution in [0.5, 0.6) is 0 Å². The Morgan fingerprint density at radius 2 is 1.19 bits per heavy atom. The summed E-state index contributed by atoms with van der Waals surface area (Å²) >= 11 is 0. The van der Waals surface area contributed by atoms with Crippen LogP contribution in [0, 0.1) is 6.92 Å². The van der Waals surface area contributed by atoms with Crippen molar-refractivity contribution in [2.45, 2.75) is 20.0 Å². The minimum absolute atomic E-state index is 0.0424. The molecule has 0 fully saturated rings. The Labute approximate surface area is 159 Å². The number of rotatable bonds is 6. The predicted octanol–water partition coefficient (Wildman–Crippen LogP) is 1.75. The molecule has 6 nitrogen and oxygen atoms in total. The van der Waals surface area contributed by atoms with Gasteiger partial charge in [0.15, 0.2) is 10.9 Å². The van der Waals surface area contributed by atoms with Crippen molar-refractivity contribution in [2.24, 2.45) is 0 Å². The van der Waals surface area contributed by atoms with Gasteiger partial charge in [0.2, 0.25) is 0 Å². The van der Waals surface area contributed by atoms with Gasteiger partial charge in [-0.3, -0.25) is 9.59 Å². The molecule has 0 bridgehead atoms. The summed E-state index contributed by atoms with van der Waals surface area (Å²) in [5.74, 6) is 0. The Hall–Kier alpha value is -2.44. The van der Waals surface area contributed by atoms with Gasteiger partial charge in [0.25, 0.3) is 0 Å². The van der Waals surface area contributed by atoms with Crippen LogP contribution in [-0.2, 0) is 13.1 Å². The van der Waals surface area contributed by atoms with Crippen molar-refractivity contribution in [1.82, 2.24) is 18.9 Å². The molecule has 0 aliphatic rings. The van der Waals surface area contributed by atoms with Gasteiger partial charge in [0, 0.05) is 61.5 Å². The van der Waals surface area contributed by atoms with Crippen molar-refractivity contribution in [2.75, 3.05) is 41.3 Å². The largest absolute Gasteiger partial charge is 0.346 e. The number of fused-ring (bicyclic) bond motifs is 2. The number of hydrogen-bond donors (Lipinski definition) is 0. The maximum absolute atomic E-state index is 12.5. The van der Waals surface area contributed by atoms with Crippen molar-refractivity contribution in [3.05, 3.63) is 56.6 Å². The van der Waals surface area contributed by atoms with Gasteiger partial charge in [-0.05, 0) is 46.7 Å². The summed E-state index contributed by atoms with van der Waals surface area (Å²) in [6, 6.07) is 4.97. The molecule has 0 radical (unpaired) electrons. The van der Waals surface area contributed by atoms with Crippen molar-refractivity contribution in [3.63, 3.8) is 0 Å². The Morgan fingerprint density at radius 3 is 1.56 bits per heavy atom. The summed E-state index contributed by atoms with van der Waals surface area (Å²) in [5, 5.41) is 1.23. The highest BCUT2D eigenvalue weighted by atomic mass is 16.1. The Kier molecular flexibility index (Phi) is 5.48. The fourth-order valence-corrected chi connectivity index (χ4v) is 3.55. The Balaban J connectivity index is 2.33. The highest BCUT2D eigenvalue weighted by molar-refractivity contribution is 5.98. The second-order valence-corrected chi connectivity index (χ2v) is 7.65. The van der Waals surface area contributed by atoms with E-state index in [4.69, 9.17) is 0 Å². The molecule has 1 aromatic carbocycles. The van der Waals surface area contributed by atoms with Gasteiger partial charge in [-0.2, -0.15) is 0 Å². The second-order valence-electron chi connectivity index (χ2n) is 7.65. The van der Waals surface area contributed by atoms with Gasteiger partial charge in [-0.1, -0.05) is 0 Å². The van der Waals surface area contributed by atoms with E-state index in [9.17, 15) is 9.59 Å². The third kappa shape index (κ3) is 3.82. The molecule has 27 heavy (non-hydrogen) atoms. The summed E-state index contributed by atoms with van der Waals surface area (Å²) in [6.07, 6.45) is 3.72. The lowest BCUT2D eigenvalue weighted by Crippen LogP contribution is -2.22. The first-order valence-corrected chi connectivity index (χ1v) is 9.25. The molecule has 0 saturated carbocycles. The molecule has 0 unspecified atom stereocenters. The van der Waals surface area contributed by atoms with Crippen LogP contribution in [-0.4, -0.2) is 60.2 Å². The average molecular weight is 368 g/mol. The van der Waals surface area contributed by atoms with Crippen LogP contribution in [0.2, 0.25) is 0 Å². The lowest BCUT2D eigenvalue weighted by atomic mass is 10.0. The third-order valence-corrected chi connectivity index (χ3v) is 5.00. The van der Waals surface area contributed by atoms with E-state index in [1.54, 1.807) is 18.2 Å². The Bertz CT molecular complexity index is 1010. The SMILES string of the molecule is Cc1c2c(cc3c(=O)ccn(CCN(C)C)c13)c(=O)ccn2CCN(C)C. The van der Waals surface area contributed by atoms with Crippen LogP contribution in [0.15, 0.2) is 40.2 Å². The van der Waals surface area contributed by atoms with E-state index in [1.165, 1.54) is 0 Å². The molecule has 0 amide bonds. The third-order valence-electron chi connectivity index (χ3n) is 5.00. The van der Waals surface area contributed by atoms with Crippen molar-refractivity contribution >= 4 is 21.8 Å². The van der Waals surface area contributed by atoms with Crippen LogP contribution in [0.25, 0.3) is 21.8 Å². The molecule has 6 heteroatoms. The number of benzene rings is 1. The highest BCUT2D eigenvalue weighted by Gasteiger charge is 2.14. The van der Waals surface area contributed by atoms with Gasteiger partial charge < -0.3 is 18.9 Å². The minimum atomic E-state index is -0.0424. The summed E-state index contributed by atoms with van der Waals surface area (Å²) in [6.45, 7) is 5.33. The Morgan fingerprint density at radius 1 is 0.778 bits per heavy atom. The van der Waals surface area contributed by atoms with Gasteiger partial charge >= 0.3 is 0 Å². The fourth-order valence-electron chi connectivity index (χ4n) is 3.55. The van der Waals surface area contributed by atoms with Crippen molar-refractivity contribution in [3.8, 4) is 0 Å². The van der Waals surface area contributed by atoms with Crippen LogP contribution in [0.1, 0.15) is 5.56 Å². The van der Waals surface area contributed by atoms with Gasteiger partial charge in [0.1, 0.15) is 0 Å². The average Bonchev–Trinajstić information content (AvgIpc) is 2.61. The van der Waals surface area contributed by atoms with E-state index >= 15 is 0 Å². The number of pyridine rings is 2. The molecular formula is C21H28N4O2. The summed E-state index contributed by atoms with van der Waals surface area (Å²) in [7, 11) is 8.13. The maximum atomic E-state index is 12.5. The molecule has 144 valence electrons. The second kappa shape index (κ2) is 7.66. The number of aromatic nitrogens is 2. The van der Waals surface area contributed by atoms with E-state index in [1.807, 2.05) is 47.5 Å². The van der Waals surface area contributed by atoms with Crippen LogP contribution in [0.4, 0.5) is 0 Å². The van der Waals surface area contributed by atoms with Gasteiger partial charge in [-0.25, -0.2) is 0 Å². The molecule has 3 aromatic rings. The molecule has 2 heterocycles. The molecule has 0 aliphatic carbocycles. The van der Waals surface area contributed by atoms with E-state index < -0.39 is 0 Å². The standard InChI is InChI=1S/C21H28N4O2/c1-15-20-16(18(26)6-8-24(20)12-10-22(2)3)14-17-19(27)7-9-25(21(15)17)13-11-23(4)5/h6-9,14H,10-13H2,1-5H3. The van der Waals surface area contributed by atoms with Crippen molar-refractivity contribution < 1.29 is 0 Å². The quantitative estimate of drug-likeness (QED) is 0.622. The molecule has 0 atom stereocenters.